The van der Waals surface area contributed by atoms with Crippen LogP contribution in [0.4, 0.5) is 4.39 Å². The Hall–Kier alpha value is -2.44. The van der Waals surface area contributed by atoms with Crippen LogP contribution < -0.4 is 4.74 Å². The third kappa shape index (κ3) is 2.47. The van der Waals surface area contributed by atoms with Gasteiger partial charge in [0.2, 0.25) is 11.8 Å². The number of nitrogens with zero attached hydrogens (tertiary/aromatic N) is 3. The molecule has 2 aromatic rings. The van der Waals surface area contributed by atoms with Crippen LogP contribution >= 0.6 is 0 Å². The maximum absolute atomic E-state index is 14.1. The molecule has 0 aromatic carbocycles. The molecule has 20 heavy (non-hydrogen) atoms. The predicted molar refractivity (Wildman–Crippen MR) is 68.9 cm³/mol. The molecule has 2 aromatic heterocycles. The molecule has 7 heteroatoms. The van der Waals surface area contributed by atoms with Gasteiger partial charge in [0, 0.05) is 13.1 Å². The summed E-state index contributed by atoms with van der Waals surface area (Å²) in [4.78, 5) is 19.3. The largest absolute Gasteiger partial charge is 0.478 e. The van der Waals surface area contributed by atoms with E-state index in [9.17, 15) is 9.18 Å². The van der Waals surface area contributed by atoms with Gasteiger partial charge in [-0.15, -0.1) is 0 Å². The first-order chi connectivity index (χ1) is 9.58. The zero-order chi connectivity index (χ0) is 14.7. The second-order valence-corrected chi connectivity index (χ2v) is 3.97. The number of rotatable bonds is 4. The Labute approximate surface area is 115 Å². The summed E-state index contributed by atoms with van der Waals surface area (Å²) in [5.74, 6) is -1.17. The first-order valence-corrected chi connectivity index (χ1v) is 5.97. The average Bonchev–Trinajstić information content (AvgIpc) is 2.80. The van der Waals surface area contributed by atoms with Crippen LogP contribution in [-0.4, -0.2) is 34.2 Å². The normalized spacial score (nSPS) is 10.4. The minimum Gasteiger partial charge on any atom is -0.478 e. The number of hydrogen-bond acceptors (Lipinski definition) is 5. The average molecular weight is 279 g/mol. The molecule has 2 heterocycles. The number of pyridine rings is 1. The van der Waals surface area contributed by atoms with E-state index in [1.807, 2.05) is 0 Å². The lowest BCUT2D eigenvalue weighted by Gasteiger charge is -2.08. The number of aromatic nitrogens is 3. The van der Waals surface area contributed by atoms with Crippen LogP contribution in [-0.2, 0) is 11.8 Å². The number of carbonyl (C=O) groups is 1. The summed E-state index contributed by atoms with van der Waals surface area (Å²) in [5, 5.41) is 0. The van der Waals surface area contributed by atoms with E-state index in [2.05, 4.69) is 14.7 Å². The fourth-order valence-corrected chi connectivity index (χ4v) is 1.82. The molecule has 0 aliphatic carbocycles. The topological polar surface area (TPSA) is 66.2 Å². The van der Waals surface area contributed by atoms with Crippen LogP contribution in [0.25, 0.3) is 11.3 Å². The fourth-order valence-electron chi connectivity index (χ4n) is 1.82. The number of methoxy groups -OCH3 is 1. The highest BCUT2D eigenvalue weighted by atomic mass is 19.1. The second-order valence-electron chi connectivity index (χ2n) is 3.97. The van der Waals surface area contributed by atoms with Crippen molar-refractivity contribution in [3.63, 3.8) is 0 Å². The molecule has 0 spiro atoms. The molecule has 0 fully saturated rings. The van der Waals surface area contributed by atoms with Gasteiger partial charge in [-0.1, -0.05) is 0 Å². The molecule has 0 saturated carbocycles. The predicted octanol–water partition coefficient (Wildman–Crippen LogP) is 1.81. The minimum absolute atomic E-state index is 0.0415. The summed E-state index contributed by atoms with van der Waals surface area (Å²) in [6.07, 6.45) is 1.41. The SMILES string of the molecule is CCOc1ccc(-c2c(C(=O)OC)ncn2C)c(F)n1. The molecule has 0 amide bonds. The number of carbonyl (C=O) groups excluding carboxylic acids is 1. The molecule has 0 saturated heterocycles. The quantitative estimate of drug-likeness (QED) is 0.630. The summed E-state index contributed by atoms with van der Waals surface area (Å²) in [6.45, 7) is 2.18. The zero-order valence-corrected chi connectivity index (χ0v) is 11.4. The number of halogens is 1. The Morgan fingerprint density at radius 1 is 1.45 bits per heavy atom. The molecule has 0 aliphatic heterocycles. The zero-order valence-electron chi connectivity index (χ0n) is 11.4. The third-order valence-electron chi connectivity index (χ3n) is 2.69. The van der Waals surface area contributed by atoms with Crippen molar-refractivity contribution >= 4 is 5.97 Å². The van der Waals surface area contributed by atoms with Crippen molar-refractivity contribution in [2.24, 2.45) is 7.05 Å². The van der Waals surface area contributed by atoms with Crippen LogP contribution in [0, 0.1) is 5.95 Å². The van der Waals surface area contributed by atoms with Crippen molar-refractivity contribution in [2.45, 2.75) is 6.92 Å². The standard InChI is InChI=1S/C13H14FN3O3/c1-4-20-9-6-5-8(12(14)16-9)11-10(13(18)19-3)15-7-17(11)2/h5-7H,4H2,1-3H3. The van der Waals surface area contributed by atoms with Gasteiger partial charge in [0.15, 0.2) is 5.69 Å². The van der Waals surface area contributed by atoms with Crippen LogP contribution in [0.3, 0.4) is 0 Å². The van der Waals surface area contributed by atoms with Gasteiger partial charge in [0.05, 0.1) is 31.3 Å². The van der Waals surface area contributed by atoms with Crippen molar-refractivity contribution in [3.8, 4) is 17.1 Å². The first kappa shape index (κ1) is 14.0. The van der Waals surface area contributed by atoms with Gasteiger partial charge < -0.3 is 14.0 Å². The fraction of sp³-hybridized carbons (Fsp3) is 0.308. The van der Waals surface area contributed by atoms with E-state index in [1.165, 1.54) is 30.1 Å². The maximum atomic E-state index is 14.1. The summed E-state index contributed by atoms with van der Waals surface area (Å²) < 4.78 is 25.4. The smallest absolute Gasteiger partial charge is 0.358 e. The van der Waals surface area contributed by atoms with Gasteiger partial charge in [-0.05, 0) is 13.0 Å². The van der Waals surface area contributed by atoms with Crippen LogP contribution in [0.2, 0.25) is 0 Å². The Balaban J connectivity index is 2.51. The highest BCUT2D eigenvalue weighted by Gasteiger charge is 2.22. The lowest BCUT2D eigenvalue weighted by molar-refractivity contribution is 0.0595. The summed E-state index contributed by atoms with van der Waals surface area (Å²) in [7, 11) is 2.90. The van der Waals surface area contributed by atoms with Gasteiger partial charge in [-0.2, -0.15) is 9.37 Å². The monoisotopic (exact) mass is 279 g/mol. The molecule has 0 bridgehead atoms. The second kappa shape index (κ2) is 5.68. The van der Waals surface area contributed by atoms with E-state index in [0.717, 1.165) is 0 Å². The van der Waals surface area contributed by atoms with Gasteiger partial charge in [0.1, 0.15) is 0 Å². The van der Waals surface area contributed by atoms with E-state index in [0.29, 0.717) is 12.3 Å². The van der Waals surface area contributed by atoms with Crippen molar-refractivity contribution < 1.29 is 18.7 Å². The van der Waals surface area contributed by atoms with E-state index >= 15 is 0 Å². The van der Waals surface area contributed by atoms with E-state index in [1.54, 1.807) is 14.0 Å². The van der Waals surface area contributed by atoms with E-state index in [-0.39, 0.29) is 17.1 Å². The molecular weight excluding hydrogens is 265 g/mol. The molecule has 2 rings (SSSR count). The summed E-state index contributed by atoms with van der Waals surface area (Å²) >= 11 is 0. The van der Waals surface area contributed by atoms with Crippen molar-refractivity contribution in [3.05, 3.63) is 30.1 Å². The van der Waals surface area contributed by atoms with Gasteiger partial charge >= 0.3 is 5.97 Å². The number of esters is 1. The van der Waals surface area contributed by atoms with Crippen LogP contribution in [0.1, 0.15) is 17.4 Å². The van der Waals surface area contributed by atoms with E-state index < -0.39 is 11.9 Å². The van der Waals surface area contributed by atoms with Gasteiger partial charge in [-0.3, -0.25) is 0 Å². The van der Waals surface area contributed by atoms with E-state index in [4.69, 9.17) is 4.74 Å². The maximum Gasteiger partial charge on any atom is 0.358 e. The van der Waals surface area contributed by atoms with Crippen molar-refractivity contribution in [2.75, 3.05) is 13.7 Å². The first-order valence-electron chi connectivity index (χ1n) is 5.97. The number of aryl methyl sites for hydroxylation is 1. The highest BCUT2D eigenvalue weighted by molar-refractivity contribution is 5.94. The highest BCUT2D eigenvalue weighted by Crippen LogP contribution is 2.26. The Morgan fingerprint density at radius 2 is 2.20 bits per heavy atom. The molecular formula is C13H14FN3O3. The van der Waals surface area contributed by atoms with Crippen LogP contribution in [0.15, 0.2) is 18.5 Å². The van der Waals surface area contributed by atoms with Gasteiger partial charge in [0.25, 0.3) is 0 Å². The molecule has 0 N–H and O–H groups in total. The lowest BCUT2D eigenvalue weighted by atomic mass is 10.1. The number of imidazole rings is 1. The number of hydrogen-bond donors (Lipinski definition) is 0. The Kier molecular flexibility index (Phi) is 3.97. The molecule has 6 nitrogen and oxygen atoms in total. The minimum atomic E-state index is -0.732. The third-order valence-corrected chi connectivity index (χ3v) is 2.69. The molecule has 0 radical (unpaired) electrons. The number of ether oxygens (including phenoxy) is 2. The molecule has 0 aliphatic rings. The Morgan fingerprint density at radius 3 is 2.80 bits per heavy atom. The molecule has 106 valence electrons. The van der Waals surface area contributed by atoms with Gasteiger partial charge in [-0.25, -0.2) is 9.78 Å². The molecule has 0 unspecified atom stereocenters. The molecule has 0 atom stereocenters. The van der Waals surface area contributed by atoms with Crippen molar-refractivity contribution in [1.82, 2.24) is 14.5 Å². The van der Waals surface area contributed by atoms with Crippen molar-refractivity contribution in [1.29, 1.82) is 0 Å². The lowest BCUT2D eigenvalue weighted by Crippen LogP contribution is -2.06. The Bertz CT molecular complexity index is 640. The van der Waals surface area contributed by atoms with Crippen LogP contribution in [0.5, 0.6) is 5.88 Å². The summed E-state index contributed by atoms with van der Waals surface area (Å²) in [5.41, 5.74) is 0.513. The summed E-state index contributed by atoms with van der Waals surface area (Å²) in [6, 6.07) is 3.03.